The third kappa shape index (κ3) is 5.07. The molecule has 1 aliphatic rings. The number of thiazole rings is 1. The summed E-state index contributed by atoms with van der Waals surface area (Å²) >= 11 is 1.62. The van der Waals surface area contributed by atoms with Crippen molar-refractivity contribution < 1.29 is 9.53 Å². The molecule has 1 aromatic heterocycles. The second kappa shape index (κ2) is 7.49. The quantitative estimate of drug-likeness (QED) is 0.881. The van der Waals surface area contributed by atoms with Crippen molar-refractivity contribution in [1.29, 1.82) is 0 Å². The minimum Gasteiger partial charge on any atom is -0.444 e. The van der Waals surface area contributed by atoms with Crippen LogP contribution in [0.3, 0.4) is 0 Å². The number of nitrogens with two attached hydrogens (primary N) is 1. The molecule has 1 fully saturated rings. The maximum absolute atomic E-state index is 12.0. The average Bonchev–Trinajstić information content (AvgIpc) is 2.86. The number of ether oxygens (including phenoxy) is 1. The van der Waals surface area contributed by atoms with Gasteiger partial charge in [0.2, 0.25) is 0 Å². The highest BCUT2D eigenvalue weighted by Crippen LogP contribution is 2.32. The van der Waals surface area contributed by atoms with Gasteiger partial charge in [-0.05, 0) is 47.0 Å². The van der Waals surface area contributed by atoms with Gasteiger partial charge in [-0.2, -0.15) is 0 Å². The number of aryl methyl sites for hydroxylation is 1. The van der Waals surface area contributed by atoms with Crippen molar-refractivity contribution in [2.45, 2.75) is 58.6 Å². The summed E-state index contributed by atoms with van der Waals surface area (Å²) in [6.07, 6.45) is 3.27. The number of nitrogens with one attached hydrogen (secondary N) is 1. The van der Waals surface area contributed by atoms with Gasteiger partial charge >= 0.3 is 6.09 Å². The second-order valence-corrected chi connectivity index (χ2v) is 7.94. The Hall–Kier alpha value is -1.34. The molecule has 2 rings (SSSR count). The largest absolute Gasteiger partial charge is 0.444 e. The van der Waals surface area contributed by atoms with Crippen LogP contribution < -0.4 is 16.0 Å². The second-order valence-electron chi connectivity index (χ2n) is 6.93. The molecule has 1 unspecified atom stereocenters. The molecule has 1 amide bonds. The minimum absolute atomic E-state index is 0.263. The maximum atomic E-state index is 12.0. The van der Waals surface area contributed by atoms with E-state index in [9.17, 15) is 4.79 Å². The summed E-state index contributed by atoms with van der Waals surface area (Å²) in [6, 6.07) is -0.263. The zero-order valence-electron chi connectivity index (χ0n) is 14.5. The average molecular weight is 340 g/mol. The summed E-state index contributed by atoms with van der Waals surface area (Å²) in [5, 5.41) is 3.89. The summed E-state index contributed by atoms with van der Waals surface area (Å²) in [6.45, 7) is 9.93. The summed E-state index contributed by atoms with van der Waals surface area (Å²) in [4.78, 5) is 20.0. The van der Waals surface area contributed by atoms with Gasteiger partial charge in [-0.3, -0.25) is 0 Å². The Bertz CT molecular complexity index is 533. The van der Waals surface area contributed by atoms with Crippen molar-refractivity contribution in [2.75, 3.05) is 24.5 Å². The van der Waals surface area contributed by atoms with Crippen molar-refractivity contribution in [3.63, 3.8) is 0 Å². The fourth-order valence-electron chi connectivity index (χ4n) is 2.62. The molecule has 3 N–H and O–H groups in total. The lowest BCUT2D eigenvalue weighted by Crippen LogP contribution is -2.37. The number of anilines is 1. The van der Waals surface area contributed by atoms with Crippen LogP contribution in [-0.4, -0.2) is 36.3 Å². The first-order valence-corrected chi connectivity index (χ1v) is 9.03. The standard InChI is InChI=1S/C16H28N4O2S/c1-11-13(12(10-17)19-15(21)22-16(2,3)4)23-14(18-11)20-8-6-5-7-9-20/h12H,5-10,17H2,1-4H3,(H,19,21). The summed E-state index contributed by atoms with van der Waals surface area (Å²) < 4.78 is 5.32. The summed E-state index contributed by atoms with van der Waals surface area (Å²) in [5.74, 6) is 0. The van der Waals surface area contributed by atoms with E-state index >= 15 is 0 Å². The van der Waals surface area contributed by atoms with Crippen LogP contribution in [-0.2, 0) is 4.74 Å². The molecular weight excluding hydrogens is 312 g/mol. The number of carbonyl (C=O) groups excluding carboxylic acids is 1. The zero-order valence-corrected chi connectivity index (χ0v) is 15.3. The Morgan fingerprint density at radius 3 is 2.61 bits per heavy atom. The van der Waals surface area contributed by atoms with Gasteiger partial charge in [0.1, 0.15) is 5.60 Å². The van der Waals surface area contributed by atoms with Crippen LogP contribution in [0.1, 0.15) is 56.6 Å². The molecule has 0 bridgehead atoms. The number of nitrogens with zero attached hydrogens (tertiary/aromatic N) is 2. The summed E-state index contributed by atoms with van der Waals surface area (Å²) in [7, 11) is 0. The fourth-order valence-corrected chi connectivity index (χ4v) is 3.80. The molecule has 130 valence electrons. The lowest BCUT2D eigenvalue weighted by atomic mass is 10.1. The normalized spacial score (nSPS) is 17.0. The van der Waals surface area contributed by atoms with Gasteiger partial charge in [-0.25, -0.2) is 9.78 Å². The van der Waals surface area contributed by atoms with Crippen molar-refractivity contribution in [1.82, 2.24) is 10.3 Å². The number of piperidine rings is 1. The molecule has 0 saturated carbocycles. The van der Waals surface area contributed by atoms with Gasteiger partial charge in [-0.15, -0.1) is 0 Å². The van der Waals surface area contributed by atoms with Gasteiger partial charge in [0.15, 0.2) is 5.13 Å². The highest BCUT2D eigenvalue weighted by atomic mass is 32.1. The van der Waals surface area contributed by atoms with Crippen LogP contribution in [0, 0.1) is 6.92 Å². The first-order chi connectivity index (χ1) is 10.8. The smallest absolute Gasteiger partial charge is 0.408 e. The number of hydrogen-bond donors (Lipinski definition) is 2. The fraction of sp³-hybridized carbons (Fsp3) is 0.750. The molecule has 1 aromatic rings. The number of aromatic nitrogens is 1. The molecule has 23 heavy (non-hydrogen) atoms. The van der Waals surface area contributed by atoms with Gasteiger partial charge in [0.25, 0.3) is 0 Å². The number of carbonyl (C=O) groups is 1. The SMILES string of the molecule is Cc1nc(N2CCCCC2)sc1C(CN)NC(=O)OC(C)(C)C. The molecule has 0 radical (unpaired) electrons. The van der Waals surface area contributed by atoms with E-state index in [1.165, 1.54) is 19.3 Å². The molecule has 6 nitrogen and oxygen atoms in total. The lowest BCUT2D eigenvalue weighted by molar-refractivity contribution is 0.0506. The molecule has 0 spiro atoms. The Morgan fingerprint density at radius 2 is 2.04 bits per heavy atom. The topological polar surface area (TPSA) is 80.5 Å². The predicted octanol–water partition coefficient (Wildman–Crippen LogP) is 2.97. The van der Waals surface area contributed by atoms with Gasteiger partial charge in [0, 0.05) is 19.6 Å². The predicted molar refractivity (Wildman–Crippen MR) is 94.1 cm³/mol. The van der Waals surface area contributed by atoms with E-state index in [4.69, 9.17) is 10.5 Å². The van der Waals surface area contributed by atoms with E-state index in [2.05, 4.69) is 15.2 Å². The molecule has 1 saturated heterocycles. The molecule has 0 aliphatic carbocycles. The van der Waals surface area contributed by atoms with Crippen molar-refractivity contribution >= 4 is 22.6 Å². The molecule has 1 atom stereocenters. The summed E-state index contributed by atoms with van der Waals surface area (Å²) in [5.41, 5.74) is 6.28. The molecular formula is C16H28N4O2S. The van der Waals surface area contributed by atoms with E-state index in [0.29, 0.717) is 6.54 Å². The van der Waals surface area contributed by atoms with Crippen LogP contribution in [0.5, 0.6) is 0 Å². The number of amides is 1. The minimum atomic E-state index is -0.523. The van der Waals surface area contributed by atoms with Gasteiger partial charge in [-0.1, -0.05) is 11.3 Å². The lowest BCUT2D eigenvalue weighted by Gasteiger charge is -2.26. The first kappa shape index (κ1) is 18.0. The highest BCUT2D eigenvalue weighted by Gasteiger charge is 2.24. The van der Waals surface area contributed by atoms with Crippen LogP contribution in [0.2, 0.25) is 0 Å². The third-order valence-corrected chi connectivity index (χ3v) is 5.02. The highest BCUT2D eigenvalue weighted by molar-refractivity contribution is 7.15. The van der Waals surface area contributed by atoms with E-state index in [-0.39, 0.29) is 6.04 Å². The Kier molecular flexibility index (Phi) is 5.86. The Labute approximate surface area is 142 Å². The Balaban J connectivity index is 2.08. The van der Waals surface area contributed by atoms with Crippen molar-refractivity contribution in [2.24, 2.45) is 5.73 Å². The van der Waals surface area contributed by atoms with E-state index in [1.54, 1.807) is 11.3 Å². The zero-order chi connectivity index (χ0) is 17.0. The van der Waals surface area contributed by atoms with Crippen molar-refractivity contribution in [3.05, 3.63) is 10.6 Å². The Morgan fingerprint density at radius 1 is 1.39 bits per heavy atom. The molecule has 1 aliphatic heterocycles. The maximum Gasteiger partial charge on any atom is 0.408 e. The molecule has 2 heterocycles. The van der Waals surface area contributed by atoms with E-state index in [1.807, 2.05) is 27.7 Å². The van der Waals surface area contributed by atoms with Crippen LogP contribution in [0.25, 0.3) is 0 Å². The molecule has 7 heteroatoms. The van der Waals surface area contributed by atoms with Crippen LogP contribution in [0.15, 0.2) is 0 Å². The number of hydrogen-bond acceptors (Lipinski definition) is 6. The van der Waals surface area contributed by atoms with Crippen LogP contribution in [0.4, 0.5) is 9.93 Å². The van der Waals surface area contributed by atoms with Crippen LogP contribution >= 0.6 is 11.3 Å². The van der Waals surface area contributed by atoms with Gasteiger partial charge < -0.3 is 20.7 Å². The monoisotopic (exact) mass is 340 g/mol. The first-order valence-electron chi connectivity index (χ1n) is 8.22. The third-order valence-electron chi connectivity index (χ3n) is 3.69. The van der Waals surface area contributed by atoms with Gasteiger partial charge in [0.05, 0.1) is 16.6 Å². The van der Waals surface area contributed by atoms with E-state index < -0.39 is 11.7 Å². The number of rotatable bonds is 4. The van der Waals surface area contributed by atoms with Crippen molar-refractivity contribution in [3.8, 4) is 0 Å². The molecule has 0 aromatic carbocycles. The van der Waals surface area contributed by atoms with E-state index in [0.717, 1.165) is 28.8 Å². The number of alkyl carbamates (subject to hydrolysis) is 1.